The lowest BCUT2D eigenvalue weighted by Gasteiger charge is -2.17. The van der Waals surface area contributed by atoms with E-state index >= 15 is 0 Å². The van der Waals surface area contributed by atoms with Gasteiger partial charge in [-0.1, -0.05) is 29.8 Å². The number of halogens is 1. The second-order valence-electron chi connectivity index (χ2n) is 8.67. The van der Waals surface area contributed by atoms with Crippen LogP contribution in [0.4, 0.5) is 4.39 Å². The third-order valence-corrected chi connectivity index (χ3v) is 7.75. The maximum absolute atomic E-state index is 13.3. The normalized spacial score (nSPS) is 12.9. The minimum atomic E-state index is -3.62. The summed E-state index contributed by atoms with van der Waals surface area (Å²) >= 11 is 0. The first kappa shape index (κ1) is 23.1. The summed E-state index contributed by atoms with van der Waals surface area (Å²) in [7, 11) is -3.62. The minimum absolute atomic E-state index is 0.238. The predicted octanol–water partition coefficient (Wildman–Crippen LogP) is 5.39. The van der Waals surface area contributed by atoms with Crippen molar-refractivity contribution >= 4 is 20.9 Å². The number of fused-ring (bicyclic) bond motifs is 1. The Labute approximate surface area is 194 Å². The molecule has 0 radical (unpaired) electrons. The van der Waals surface area contributed by atoms with Crippen molar-refractivity contribution in [1.29, 1.82) is 0 Å². The van der Waals surface area contributed by atoms with Crippen molar-refractivity contribution in [3.05, 3.63) is 88.9 Å². The van der Waals surface area contributed by atoms with Crippen molar-refractivity contribution in [2.24, 2.45) is 0 Å². The molecule has 0 aliphatic carbocycles. The molecule has 4 aromatic rings. The maximum Gasteiger partial charge on any atom is 0.241 e. The van der Waals surface area contributed by atoms with Crippen LogP contribution in [0, 0.1) is 26.6 Å². The van der Waals surface area contributed by atoms with Gasteiger partial charge in [0, 0.05) is 11.4 Å². The lowest BCUT2D eigenvalue weighted by atomic mass is 10.0. The molecular weight excluding hydrogens is 437 g/mol. The van der Waals surface area contributed by atoms with E-state index in [0.29, 0.717) is 17.7 Å². The average Bonchev–Trinajstić information content (AvgIpc) is 3.16. The van der Waals surface area contributed by atoms with Crippen LogP contribution in [0.3, 0.4) is 0 Å². The monoisotopic (exact) mass is 465 g/mol. The van der Waals surface area contributed by atoms with Crippen molar-refractivity contribution in [3.63, 3.8) is 0 Å². The van der Waals surface area contributed by atoms with Gasteiger partial charge in [-0.25, -0.2) is 22.2 Å². The fourth-order valence-electron chi connectivity index (χ4n) is 4.46. The zero-order chi connectivity index (χ0) is 23.8. The van der Waals surface area contributed by atoms with E-state index < -0.39 is 10.0 Å². The minimum Gasteiger partial charge on any atom is -0.233 e. The first-order chi connectivity index (χ1) is 15.7. The van der Waals surface area contributed by atoms with Gasteiger partial charge in [0.15, 0.2) is 0 Å². The van der Waals surface area contributed by atoms with Gasteiger partial charge in [-0.2, -0.15) is 5.10 Å². The van der Waals surface area contributed by atoms with Crippen molar-refractivity contribution in [2.75, 3.05) is 0 Å². The molecule has 0 amide bonds. The smallest absolute Gasteiger partial charge is 0.233 e. The molecule has 0 aliphatic heterocycles. The molecule has 0 aliphatic rings. The van der Waals surface area contributed by atoms with Crippen molar-refractivity contribution in [2.45, 2.75) is 51.5 Å². The molecule has 33 heavy (non-hydrogen) atoms. The number of aryl methyl sites for hydroxylation is 4. The molecule has 0 bridgehead atoms. The summed E-state index contributed by atoms with van der Waals surface area (Å²) in [5.41, 5.74) is 5.36. The summed E-state index contributed by atoms with van der Waals surface area (Å²) in [5, 5.41) is 5.49. The van der Waals surface area contributed by atoms with Gasteiger partial charge in [-0.15, -0.1) is 0 Å². The van der Waals surface area contributed by atoms with Crippen LogP contribution >= 0.6 is 0 Å². The SMILES string of the molecule is Cc1cc(C)c(S(=O)(=O)NC(C)CCc2cccc3c2cnn3-c2ccc(F)cc2)c(C)c1. The number of aromatic nitrogens is 2. The number of sulfonamides is 1. The maximum atomic E-state index is 13.3. The Morgan fingerprint density at radius 1 is 1.03 bits per heavy atom. The van der Waals surface area contributed by atoms with Crippen LogP contribution in [-0.2, 0) is 16.4 Å². The summed E-state index contributed by atoms with van der Waals surface area (Å²) in [6, 6.07) is 15.7. The fraction of sp³-hybridized carbons (Fsp3) is 0.269. The Hall–Kier alpha value is -3.03. The lowest BCUT2D eigenvalue weighted by Crippen LogP contribution is -2.33. The van der Waals surface area contributed by atoms with E-state index in [1.165, 1.54) is 12.1 Å². The number of hydrogen-bond acceptors (Lipinski definition) is 3. The van der Waals surface area contributed by atoms with E-state index in [1.807, 2.05) is 64.2 Å². The second kappa shape index (κ2) is 9.08. The Morgan fingerprint density at radius 2 is 1.70 bits per heavy atom. The molecule has 172 valence electrons. The van der Waals surface area contributed by atoms with Gasteiger partial charge in [0.1, 0.15) is 5.82 Å². The number of benzene rings is 3. The standard InChI is InChI=1S/C26H28FN3O2S/c1-17-14-18(2)26(19(3)15-17)33(31,32)29-20(4)8-9-21-6-5-7-25-24(21)16-28-30(25)23-12-10-22(27)11-13-23/h5-7,10-16,20,29H,8-9H2,1-4H3. The topological polar surface area (TPSA) is 64.0 Å². The number of nitrogens with one attached hydrogen (secondary N) is 1. The average molecular weight is 466 g/mol. The fourth-order valence-corrected chi connectivity index (χ4v) is 6.19. The Balaban J connectivity index is 1.51. The Bertz CT molecular complexity index is 1390. The highest BCUT2D eigenvalue weighted by Crippen LogP contribution is 2.25. The van der Waals surface area contributed by atoms with Gasteiger partial charge in [0.05, 0.1) is 22.3 Å². The number of nitrogens with zero attached hydrogens (tertiary/aromatic N) is 2. The zero-order valence-electron chi connectivity index (χ0n) is 19.3. The van der Waals surface area contributed by atoms with E-state index in [2.05, 4.69) is 9.82 Å². The summed E-state index contributed by atoms with van der Waals surface area (Å²) in [4.78, 5) is 0.364. The largest absolute Gasteiger partial charge is 0.241 e. The molecule has 3 aromatic carbocycles. The first-order valence-corrected chi connectivity index (χ1v) is 12.5. The van der Waals surface area contributed by atoms with E-state index in [4.69, 9.17) is 0 Å². The van der Waals surface area contributed by atoms with Crippen molar-refractivity contribution in [3.8, 4) is 5.69 Å². The molecule has 1 heterocycles. The second-order valence-corrected chi connectivity index (χ2v) is 10.3. The summed E-state index contributed by atoms with van der Waals surface area (Å²) in [5.74, 6) is -0.289. The molecular formula is C26H28FN3O2S. The first-order valence-electron chi connectivity index (χ1n) is 11.0. The van der Waals surface area contributed by atoms with Crippen LogP contribution in [0.5, 0.6) is 0 Å². The third kappa shape index (κ3) is 4.84. The molecule has 4 rings (SSSR count). The van der Waals surface area contributed by atoms with Crippen molar-refractivity contribution < 1.29 is 12.8 Å². The Kier molecular flexibility index (Phi) is 6.36. The molecule has 5 nitrogen and oxygen atoms in total. The molecule has 0 saturated carbocycles. The van der Waals surface area contributed by atoms with Gasteiger partial charge in [0.25, 0.3) is 0 Å². The highest BCUT2D eigenvalue weighted by molar-refractivity contribution is 7.89. The van der Waals surface area contributed by atoms with Gasteiger partial charge < -0.3 is 0 Å². The zero-order valence-corrected chi connectivity index (χ0v) is 20.1. The molecule has 1 N–H and O–H groups in total. The van der Waals surface area contributed by atoms with E-state index in [9.17, 15) is 12.8 Å². The predicted molar refractivity (Wildman–Crippen MR) is 130 cm³/mol. The molecule has 0 spiro atoms. The summed E-state index contributed by atoms with van der Waals surface area (Å²) in [6.07, 6.45) is 3.15. The van der Waals surface area contributed by atoms with E-state index in [0.717, 1.165) is 38.8 Å². The van der Waals surface area contributed by atoms with Crippen LogP contribution in [0.2, 0.25) is 0 Å². The van der Waals surface area contributed by atoms with Crippen LogP contribution < -0.4 is 4.72 Å². The summed E-state index contributed by atoms with van der Waals surface area (Å²) in [6.45, 7) is 7.52. The van der Waals surface area contributed by atoms with Crippen LogP contribution in [0.25, 0.3) is 16.6 Å². The van der Waals surface area contributed by atoms with Crippen LogP contribution in [0.1, 0.15) is 35.6 Å². The highest BCUT2D eigenvalue weighted by Gasteiger charge is 2.22. The van der Waals surface area contributed by atoms with Gasteiger partial charge in [0.2, 0.25) is 10.0 Å². The molecule has 7 heteroatoms. The highest BCUT2D eigenvalue weighted by atomic mass is 32.2. The number of hydrogen-bond donors (Lipinski definition) is 1. The molecule has 0 fully saturated rings. The van der Waals surface area contributed by atoms with E-state index in [-0.39, 0.29) is 11.9 Å². The number of rotatable bonds is 7. The van der Waals surface area contributed by atoms with E-state index in [1.54, 1.807) is 16.8 Å². The van der Waals surface area contributed by atoms with Gasteiger partial charge >= 0.3 is 0 Å². The summed E-state index contributed by atoms with van der Waals surface area (Å²) < 4.78 is 44.0. The molecule has 1 atom stereocenters. The molecule has 1 aromatic heterocycles. The lowest BCUT2D eigenvalue weighted by molar-refractivity contribution is 0.546. The van der Waals surface area contributed by atoms with Gasteiger partial charge in [-0.05, 0) is 87.6 Å². The quantitative estimate of drug-likeness (QED) is 0.398. The molecule has 1 unspecified atom stereocenters. The third-order valence-electron chi connectivity index (χ3n) is 5.85. The van der Waals surface area contributed by atoms with Crippen molar-refractivity contribution in [1.82, 2.24) is 14.5 Å². The van der Waals surface area contributed by atoms with Crippen LogP contribution in [0.15, 0.2) is 65.7 Å². The molecule has 0 saturated heterocycles. The Morgan fingerprint density at radius 3 is 2.36 bits per heavy atom. The van der Waals surface area contributed by atoms with Crippen LogP contribution in [-0.4, -0.2) is 24.2 Å². The van der Waals surface area contributed by atoms with Gasteiger partial charge in [-0.3, -0.25) is 0 Å².